The number of piperidine rings is 1. The van der Waals surface area contributed by atoms with E-state index in [1.54, 1.807) is 21.1 Å². The summed E-state index contributed by atoms with van der Waals surface area (Å²) in [6.07, 6.45) is -0.0717. The van der Waals surface area contributed by atoms with Crippen LogP contribution in [0.15, 0.2) is 23.2 Å². The van der Waals surface area contributed by atoms with Crippen LogP contribution in [0.1, 0.15) is 38.3 Å². The predicted molar refractivity (Wildman–Crippen MR) is 114 cm³/mol. The predicted octanol–water partition coefficient (Wildman–Crippen LogP) is 2.30. The fraction of sp³-hybridized carbons (Fsp3) is 0.636. The first-order valence-electron chi connectivity index (χ1n) is 10.8. The minimum absolute atomic E-state index is 0.00683. The molecule has 2 fully saturated rings. The average molecular weight is 453 g/mol. The molecule has 0 radical (unpaired) electrons. The molecule has 0 aromatic heterocycles. The number of aliphatic imine (C=N–C) groups is 1. The second-order valence-electron chi connectivity index (χ2n) is 8.52. The largest absolute Gasteiger partial charge is 0.493 e. The summed E-state index contributed by atoms with van der Waals surface area (Å²) in [5.41, 5.74) is 0.934. The average Bonchev–Trinajstić information content (AvgIpc) is 3.35. The van der Waals surface area contributed by atoms with Crippen LogP contribution in [0.3, 0.4) is 0 Å². The number of amidine groups is 1. The summed E-state index contributed by atoms with van der Waals surface area (Å²) in [5.74, 6) is 1.49. The molecule has 4 unspecified atom stereocenters. The number of nitrogens with zero attached hydrogens (tertiary/aromatic N) is 2. The third kappa shape index (κ3) is 4.25. The molecule has 1 aromatic carbocycles. The number of benzene rings is 1. The second-order valence-corrected chi connectivity index (χ2v) is 8.52. The molecule has 4 rings (SSSR count). The number of hydrogen-bond donors (Lipinski definition) is 2. The highest BCUT2D eigenvalue weighted by Crippen LogP contribution is 2.39. The quantitative estimate of drug-likeness (QED) is 0.618. The van der Waals surface area contributed by atoms with Crippen LogP contribution in [0.25, 0.3) is 0 Å². The Morgan fingerprint density at radius 2 is 1.97 bits per heavy atom. The Hall–Kier alpha value is -2.46. The molecule has 1 amide bonds. The van der Waals surface area contributed by atoms with E-state index in [-0.39, 0.29) is 30.0 Å². The number of fused-ring (bicyclic) bond motifs is 1. The number of halogens is 2. The Kier molecular flexibility index (Phi) is 6.52. The number of methoxy groups -OCH3 is 2. The number of amides is 1. The van der Waals surface area contributed by atoms with Crippen molar-refractivity contribution in [3.8, 4) is 11.5 Å². The van der Waals surface area contributed by atoms with Gasteiger partial charge in [0, 0.05) is 24.9 Å². The van der Waals surface area contributed by atoms with Gasteiger partial charge in [0.2, 0.25) is 5.91 Å². The first kappa shape index (κ1) is 22.7. The molecule has 3 aliphatic rings. The molecule has 0 aliphatic carbocycles. The van der Waals surface area contributed by atoms with E-state index in [1.807, 2.05) is 25.1 Å². The number of carbonyl (C=O) groups excluding carboxylic acids is 1. The van der Waals surface area contributed by atoms with Gasteiger partial charge < -0.3 is 19.5 Å². The van der Waals surface area contributed by atoms with E-state index < -0.39 is 18.8 Å². The van der Waals surface area contributed by atoms with Crippen molar-refractivity contribution < 1.29 is 27.8 Å². The number of carbonyl (C=O) groups is 1. The van der Waals surface area contributed by atoms with Gasteiger partial charge in [-0.25, -0.2) is 0 Å². The third-order valence-corrected chi connectivity index (χ3v) is 6.65. The van der Waals surface area contributed by atoms with E-state index in [0.717, 1.165) is 10.5 Å². The van der Waals surface area contributed by atoms with Crippen LogP contribution in [0.5, 0.6) is 11.5 Å². The highest BCUT2D eigenvalue weighted by Gasteiger charge is 2.49. The third-order valence-electron chi connectivity index (χ3n) is 6.65. The Morgan fingerprint density at radius 1 is 1.22 bits per heavy atom. The van der Waals surface area contributed by atoms with Gasteiger partial charge in [-0.1, -0.05) is 6.07 Å². The van der Waals surface area contributed by atoms with Crippen molar-refractivity contribution in [1.82, 2.24) is 15.5 Å². The summed E-state index contributed by atoms with van der Waals surface area (Å²) < 4.78 is 44.9. The van der Waals surface area contributed by atoms with Crippen LogP contribution in [0.2, 0.25) is 0 Å². The number of alkyl halides is 2. The van der Waals surface area contributed by atoms with Gasteiger partial charge in [-0.05, 0) is 38.0 Å². The van der Waals surface area contributed by atoms with Gasteiger partial charge in [0.25, 0.3) is 0 Å². The van der Waals surface area contributed by atoms with Gasteiger partial charge in [-0.2, -0.15) is 8.78 Å². The molecule has 8 nitrogen and oxygen atoms in total. The van der Waals surface area contributed by atoms with Gasteiger partial charge in [0.05, 0.1) is 32.4 Å². The van der Waals surface area contributed by atoms with Crippen LogP contribution in [0.4, 0.5) is 8.78 Å². The highest BCUT2D eigenvalue weighted by atomic mass is 19.3. The van der Waals surface area contributed by atoms with E-state index in [0.29, 0.717) is 36.7 Å². The minimum Gasteiger partial charge on any atom is -0.493 e. The van der Waals surface area contributed by atoms with Gasteiger partial charge in [-0.15, -0.1) is 0 Å². The zero-order valence-corrected chi connectivity index (χ0v) is 18.7. The summed E-state index contributed by atoms with van der Waals surface area (Å²) in [6.45, 7) is 1.34. The number of ether oxygens (including phenoxy) is 3. The van der Waals surface area contributed by atoms with Crippen LogP contribution in [-0.2, 0) is 9.53 Å². The molecule has 3 heterocycles. The molecule has 0 spiro atoms. The van der Waals surface area contributed by atoms with Gasteiger partial charge in [0.15, 0.2) is 11.5 Å². The van der Waals surface area contributed by atoms with Crippen LogP contribution >= 0.6 is 0 Å². The van der Waals surface area contributed by atoms with Crippen molar-refractivity contribution in [2.75, 3.05) is 20.8 Å². The molecule has 3 aliphatic heterocycles. The molecule has 0 saturated carbocycles. The molecule has 176 valence electrons. The Bertz CT molecular complexity index is 883. The van der Waals surface area contributed by atoms with E-state index in [2.05, 4.69) is 15.6 Å². The fourth-order valence-electron chi connectivity index (χ4n) is 4.93. The molecule has 2 saturated heterocycles. The fourth-order valence-corrected chi connectivity index (χ4v) is 4.93. The molecule has 1 aromatic rings. The summed E-state index contributed by atoms with van der Waals surface area (Å²) in [4.78, 5) is 17.2. The first-order valence-corrected chi connectivity index (χ1v) is 10.8. The molecule has 2 N–H and O–H groups in total. The molecule has 0 bridgehead atoms. The van der Waals surface area contributed by atoms with E-state index in [4.69, 9.17) is 14.2 Å². The number of nitrogens with one attached hydrogen (secondary N) is 2. The number of hydrogen-bond acceptors (Lipinski definition) is 7. The lowest BCUT2D eigenvalue weighted by Gasteiger charge is -2.43. The first-order chi connectivity index (χ1) is 15.3. The molecular weight excluding hydrogens is 422 g/mol. The van der Waals surface area contributed by atoms with Crippen molar-refractivity contribution in [3.63, 3.8) is 0 Å². The maximum Gasteiger partial charge on any atom is 0.316 e. The lowest BCUT2D eigenvalue weighted by Crippen LogP contribution is -2.61. The topological polar surface area (TPSA) is 84.4 Å². The molecule has 10 heteroatoms. The maximum atomic E-state index is 13.9. The Balaban J connectivity index is 1.60. The van der Waals surface area contributed by atoms with Gasteiger partial charge >= 0.3 is 6.55 Å². The van der Waals surface area contributed by atoms with Crippen molar-refractivity contribution >= 4 is 11.7 Å². The summed E-state index contributed by atoms with van der Waals surface area (Å²) in [7, 11) is 3.14. The maximum absolute atomic E-state index is 13.9. The summed E-state index contributed by atoms with van der Waals surface area (Å²) >= 11 is 0. The van der Waals surface area contributed by atoms with Gasteiger partial charge in [-0.3, -0.25) is 20.0 Å². The number of rotatable bonds is 7. The zero-order valence-electron chi connectivity index (χ0n) is 18.7. The zero-order chi connectivity index (χ0) is 23.0. The highest BCUT2D eigenvalue weighted by molar-refractivity contribution is 5.82. The Morgan fingerprint density at radius 3 is 2.59 bits per heavy atom. The SMILES string of the molecule is COc1ccc(C2CC3N=C(C)N(C(F)F)C3C(O[C@H](C)[C@H]3CNC(=O)C3)N2)cc1OC. The molecular formula is C22H30F2N4O4. The second kappa shape index (κ2) is 9.19. The Labute approximate surface area is 186 Å². The monoisotopic (exact) mass is 452 g/mol. The van der Waals surface area contributed by atoms with Crippen molar-refractivity contribution in [2.24, 2.45) is 10.9 Å². The van der Waals surface area contributed by atoms with Crippen LogP contribution < -0.4 is 20.1 Å². The summed E-state index contributed by atoms with van der Waals surface area (Å²) in [6, 6.07) is 4.49. The lowest BCUT2D eigenvalue weighted by molar-refractivity contribution is -0.126. The van der Waals surface area contributed by atoms with Crippen molar-refractivity contribution in [3.05, 3.63) is 23.8 Å². The summed E-state index contributed by atoms with van der Waals surface area (Å²) in [5, 5.41) is 6.24. The normalized spacial score (nSPS) is 30.7. The molecule has 32 heavy (non-hydrogen) atoms. The van der Waals surface area contributed by atoms with Crippen LogP contribution in [-0.4, -0.2) is 68.4 Å². The smallest absolute Gasteiger partial charge is 0.316 e. The lowest BCUT2D eigenvalue weighted by atomic mass is 9.89. The van der Waals surface area contributed by atoms with Crippen molar-refractivity contribution in [2.45, 2.75) is 63.7 Å². The van der Waals surface area contributed by atoms with E-state index in [9.17, 15) is 13.6 Å². The van der Waals surface area contributed by atoms with Gasteiger partial charge in [0.1, 0.15) is 12.1 Å². The van der Waals surface area contributed by atoms with Crippen molar-refractivity contribution in [1.29, 1.82) is 0 Å². The standard InChI is InChI=1S/C22H30F2N4O4/c1-11(14-8-19(29)25-10-14)32-21-20-16(26-12(2)28(20)22(23)24)9-15(27-21)13-5-6-17(30-3)18(7-13)31-4/h5-7,11,14-16,20-22,27H,8-10H2,1-4H3,(H,25,29)/t11-,14-,15?,16?,20?,21?/m1/s1. The van der Waals surface area contributed by atoms with Crippen LogP contribution in [0, 0.1) is 5.92 Å². The molecule has 6 atom stereocenters. The van der Waals surface area contributed by atoms with E-state index in [1.165, 1.54) is 0 Å². The van der Waals surface area contributed by atoms with E-state index >= 15 is 0 Å². The minimum atomic E-state index is -2.68.